The molecule has 1 aliphatic rings. The van der Waals surface area contributed by atoms with Gasteiger partial charge in [0.2, 0.25) is 0 Å². The van der Waals surface area contributed by atoms with E-state index in [0.717, 1.165) is 37.1 Å². The number of rotatable bonds is 2. The van der Waals surface area contributed by atoms with Gasteiger partial charge in [-0.2, -0.15) is 0 Å². The van der Waals surface area contributed by atoms with Gasteiger partial charge < -0.3 is 10.1 Å². The lowest BCUT2D eigenvalue weighted by atomic mass is 9.86. The van der Waals surface area contributed by atoms with E-state index in [2.05, 4.69) is 10.1 Å². The molecular formula is C14H18FNO2. The topological polar surface area (TPSA) is 38.3 Å². The van der Waals surface area contributed by atoms with E-state index in [9.17, 15) is 9.18 Å². The lowest BCUT2D eigenvalue weighted by Crippen LogP contribution is -2.27. The molecule has 0 unspecified atom stereocenters. The summed E-state index contributed by atoms with van der Waals surface area (Å²) in [6.07, 6.45) is 2.04. The fourth-order valence-electron chi connectivity index (χ4n) is 2.53. The molecule has 18 heavy (non-hydrogen) atoms. The van der Waals surface area contributed by atoms with Crippen LogP contribution in [-0.2, 0) is 4.74 Å². The minimum absolute atomic E-state index is 0.0385. The Morgan fingerprint density at radius 1 is 1.39 bits per heavy atom. The smallest absolute Gasteiger partial charge is 0.340 e. The first kappa shape index (κ1) is 13.0. The van der Waals surface area contributed by atoms with Crippen molar-refractivity contribution in [3.8, 4) is 0 Å². The third-order valence-electron chi connectivity index (χ3n) is 3.54. The summed E-state index contributed by atoms with van der Waals surface area (Å²) in [4.78, 5) is 11.5. The average molecular weight is 251 g/mol. The summed E-state index contributed by atoms with van der Waals surface area (Å²) in [5.41, 5.74) is 2.02. The van der Waals surface area contributed by atoms with Crippen LogP contribution in [0.4, 0.5) is 4.39 Å². The lowest BCUT2D eigenvalue weighted by molar-refractivity contribution is 0.0595. The molecule has 1 fully saturated rings. The van der Waals surface area contributed by atoms with Crippen molar-refractivity contribution in [2.45, 2.75) is 25.7 Å². The molecule has 0 saturated carbocycles. The second-order valence-electron chi connectivity index (χ2n) is 4.70. The Balaban J connectivity index is 2.37. The molecule has 3 nitrogen and oxygen atoms in total. The van der Waals surface area contributed by atoms with Crippen molar-refractivity contribution in [2.75, 3.05) is 20.2 Å². The van der Waals surface area contributed by atoms with E-state index < -0.39 is 11.8 Å². The predicted molar refractivity (Wildman–Crippen MR) is 67.3 cm³/mol. The van der Waals surface area contributed by atoms with Gasteiger partial charge in [0.15, 0.2) is 0 Å². The van der Waals surface area contributed by atoms with Crippen molar-refractivity contribution < 1.29 is 13.9 Å². The largest absolute Gasteiger partial charge is 0.465 e. The molecule has 0 radical (unpaired) electrons. The molecule has 4 heteroatoms. The molecule has 1 aliphatic heterocycles. The fourth-order valence-corrected chi connectivity index (χ4v) is 2.53. The maximum absolute atomic E-state index is 13.7. The number of halogens is 1. The zero-order valence-corrected chi connectivity index (χ0v) is 10.8. The molecule has 0 amide bonds. The summed E-state index contributed by atoms with van der Waals surface area (Å²) in [6.45, 7) is 3.82. The average Bonchev–Trinajstić information content (AvgIpc) is 2.39. The van der Waals surface area contributed by atoms with Crippen molar-refractivity contribution >= 4 is 5.97 Å². The summed E-state index contributed by atoms with van der Waals surface area (Å²) in [5.74, 6) is -0.713. The lowest BCUT2D eigenvalue weighted by Gasteiger charge is -2.25. The van der Waals surface area contributed by atoms with E-state index in [1.807, 2.05) is 6.92 Å². The molecule has 0 bridgehead atoms. The molecule has 1 aromatic carbocycles. The minimum Gasteiger partial charge on any atom is -0.465 e. The van der Waals surface area contributed by atoms with Crippen molar-refractivity contribution in [2.24, 2.45) is 0 Å². The van der Waals surface area contributed by atoms with Gasteiger partial charge in [-0.05, 0) is 62.0 Å². The Labute approximate surface area is 106 Å². The molecular weight excluding hydrogens is 233 g/mol. The van der Waals surface area contributed by atoms with E-state index >= 15 is 0 Å². The van der Waals surface area contributed by atoms with Crippen LogP contribution < -0.4 is 5.32 Å². The number of methoxy groups -OCH3 is 1. The highest BCUT2D eigenvalue weighted by Gasteiger charge is 2.21. The number of hydrogen-bond acceptors (Lipinski definition) is 3. The van der Waals surface area contributed by atoms with Crippen molar-refractivity contribution in [1.29, 1.82) is 0 Å². The second-order valence-corrected chi connectivity index (χ2v) is 4.70. The van der Waals surface area contributed by atoms with Crippen molar-refractivity contribution in [1.82, 2.24) is 5.32 Å². The molecule has 0 spiro atoms. The van der Waals surface area contributed by atoms with Gasteiger partial charge in [-0.3, -0.25) is 0 Å². The third-order valence-corrected chi connectivity index (χ3v) is 3.54. The molecule has 1 N–H and O–H groups in total. The summed E-state index contributed by atoms with van der Waals surface area (Å²) >= 11 is 0. The number of aryl methyl sites for hydroxylation is 1. The first-order valence-electron chi connectivity index (χ1n) is 6.22. The van der Waals surface area contributed by atoms with Crippen molar-refractivity contribution in [3.05, 3.63) is 34.6 Å². The SMILES string of the molecule is COC(=O)c1cc(C2CCNCC2)c(C)cc1F. The van der Waals surface area contributed by atoms with Crippen LogP contribution in [0.3, 0.4) is 0 Å². The van der Waals surface area contributed by atoms with E-state index in [-0.39, 0.29) is 5.56 Å². The summed E-state index contributed by atoms with van der Waals surface area (Å²) < 4.78 is 18.3. The Morgan fingerprint density at radius 3 is 2.67 bits per heavy atom. The predicted octanol–water partition coefficient (Wildman–Crippen LogP) is 2.39. The van der Waals surface area contributed by atoms with Gasteiger partial charge >= 0.3 is 5.97 Å². The highest BCUT2D eigenvalue weighted by molar-refractivity contribution is 5.90. The minimum atomic E-state index is -0.609. The number of hydrogen-bond donors (Lipinski definition) is 1. The molecule has 1 heterocycles. The number of benzene rings is 1. The van der Waals surface area contributed by atoms with Gasteiger partial charge in [0, 0.05) is 0 Å². The Bertz CT molecular complexity index is 453. The first-order chi connectivity index (χ1) is 8.63. The van der Waals surface area contributed by atoms with Gasteiger partial charge in [0.25, 0.3) is 0 Å². The molecule has 1 aromatic rings. The molecule has 2 rings (SSSR count). The van der Waals surface area contributed by atoms with E-state index in [1.54, 1.807) is 6.07 Å². The Hall–Kier alpha value is -1.42. The van der Waals surface area contributed by atoms with Crippen LogP contribution in [0.1, 0.15) is 40.2 Å². The monoisotopic (exact) mass is 251 g/mol. The normalized spacial score (nSPS) is 16.6. The number of piperidine rings is 1. The molecule has 0 aliphatic carbocycles. The van der Waals surface area contributed by atoms with Crippen LogP contribution in [0.2, 0.25) is 0 Å². The van der Waals surface area contributed by atoms with Crippen LogP contribution in [0.5, 0.6) is 0 Å². The highest BCUT2D eigenvalue weighted by atomic mass is 19.1. The van der Waals surface area contributed by atoms with Gasteiger partial charge in [0.1, 0.15) is 5.82 Å². The first-order valence-corrected chi connectivity index (χ1v) is 6.22. The van der Waals surface area contributed by atoms with Crippen LogP contribution in [0, 0.1) is 12.7 Å². The summed E-state index contributed by atoms with van der Waals surface area (Å²) in [6, 6.07) is 3.09. The number of carbonyl (C=O) groups is 1. The van der Waals surface area contributed by atoms with Crippen molar-refractivity contribution in [3.63, 3.8) is 0 Å². The van der Waals surface area contributed by atoms with Crippen LogP contribution in [-0.4, -0.2) is 26.2 Å². The van der Waals surface area contributed by atoms with Crippen LogP contribution in [0.25, 0.3) is 0 Å². The highest BCUT2D eigenvalue weighted by Crippen LogP contribution is 2.29. The molecule has 98 valence electrons. The maximum Gasteiger partial charge on any atom is 0.340 e. The third kappa shape index (κ3) is 2.53. The Kier molecular flexibility index (Phi) is 3.97. The quantitative estimate of drug-likeness (QED) is 0.820. The molecule has 0 atom stereocenters. The fraction of sp³-hybridized carbons (Fsp3) is 0.500. The Morgan fingerprint density at radius 2 is 2.06 bits per heavy atom. The zero-order valence-electron chi connectivity index (χ0n) is 10.8. The maximum atomic E-state index is 13.7. The van der Waals surface area contributed by atoms with E-state index in [4.69, 9.17) is 0 Å². The van der Waals surface area contributed by atoms with Crippen LogP contribution >= 0.6 is 0 Å². The number of ether oxygens (including phenoxy) is 1. The molecule has 0 aromatic heterocycles. The van der Waals surface area contributed by atoms with Gasteiger partial charge in [-0.15, -0.1) is 0 Å². The van der Waals surface area contributed by atoms with Gasteiger partial charge in [0.05, 0.1) is 12.7 Å². The zero-order chi connectivity index (χ0) is 13.1. The summed E-state index contributed by atoms with van der Waals surface area (Å²) in [5, 5.41) is 3.30. The molecule has 1 saturated heterocycles. The summed E-state index contributed by atoms with van der Waals surface area (Å²) in [7, 11) is 1.27. The second kappa shape index (κ2) is 5.48. The van der Waals surface area contributed by atoms with Crippen LogP contribution in [0.15, 0.2) is 12.1 Å². The number of esters is 1. The van der Waals surface area contributed by atoms with Gasteiger partial charge in [-0.1, -0.05) is 0 Å². The number of nitrogens with one attached hydrogen (secondary N) is 1. The van der Waals surface area contributed by atoms with E-state index in [1.165, 1.54) is 13.2 Å². The van der Waals surface area contributed by atoms with E-state index in [0.29, 0.717) is 5.92 Å². The standard InChI is InChI=1S/C14H18FNO2/c1-9-7-13(15)12(14(17)18-2)8-11(9)10-3-5-16-6-4-10/h7-8,10,16H,3-6H2,1-2H3. The number of carbonyl (C=O) groups excluding carboxylic acids is 1. The van der Waals surface area contributed by atoms with Gasteiger partial charge in [-0.25, -0.2) is 9.18 Å².